The quantitative estimate of drug-likeness (QED) is 0.758. The minimum absolute atomic E-state index is 0.00446. The Morgan fingerprint density at radius 1 is 1.17 bits per heavy atom. The summed E-state index contributed by atoms with van der Waals surface area (Å²) in [7, 11) is -3.85. The summed E-state index contributed by atoms with van der Waals surface area (Å²) in [6.07, 6.45) is 1.25. The molecule has 2 aromatic rings. The molecule has 2 aromatic carbocycles. The molecule has 0 aliphatic carbocycles. The number of carbonyl (C=O) groups excluding carboxylic acids is 2. The monoisotopic (exact) mass is 415 g/mol. The average molecular weight is 416 g/mol. The van der Waals surface area contributed by atoms with Gasteiger partial charge in [0.1, 0.15) is 0 Å². The maximum absolute atomic E-state index is 13.0. The lowest BCUT2D eigenvalue weighted by Crippen LogP contribution is -2.24. The molecule has 1 heterocycles. The third-order valence-corrected chi connectivity index (χ3v) is 6.43. The molecule has 29 heavy (non-hydrogen) atoms. The van der Waals surface area contributed by atoms with Crippen LogP contribution in [0.1, 0.15) is 43.9 Å². The van der Waals surface area contributed by atoms with Gasteiger partial charge in [0.05, 0.1) is 10.9 Å². The Hall–Kier alpha value is -2.87. The van der Waals surface area contributed by atoms with Crippen molar-refractivity contribution >= 4 is 33.2 Å². The SMILES string of the molecule is CC(=O)N[C@H](C)c1cccc(NS(=O)(=O)c2cc(N3CCCC3=O)ccc2C)c1. The smallest absolute Gasteiger partial charge is 0.262 e. The second-order valence-electron chi connectivity index (χ2n) is 7.25. The number of hydrogen-bond donors (Lipinski definition) is 2. The number of amides is 2. The highest BCUT2D eigenvalue weighted by Crippen LogP contribution is 2.28. The van der Waals surface area contributed by atoms with Crippen LogP contribution >= 0.6 is 0 Å². The number of nitrogens with one attached hydrogen (secondary N) is 2. The number of carbonyl (C=O) groups is 2. The summed E-state index contributed by atoms with van der Waals surface area (Å²) in [5.41, 5.74) is 2.37. The molecule has 7 nitrogen and oxygen atoms in total. The van der Waals surface area contributed by atoms with E-state index in [0.717, 1.165) is 12.0 Å². The lowest BCUT2D eigenvalue weighted by molar-refractivity contribution is -0.119. The van der Waals surface area contributed by atoms with E-state index in [1.54, 1.807) is 48.2 Å². The second-order valence-corrected chi connectivity index (χ2v) is 8.90. The Balaban J connectivity index is 1.88. The number of benzene rings is 2. The largest absolute Gasteiger partial charge is 0.350 e. The van der Waals surface area contributed by atoms with Crippen LogP contribution in [-0.2, 0) is 19.6 Å². The van der Waals surface area contributed by atoms with Crippen molar-refractivity contribution in [2.45, 2.75) is 44.6 Å². The highest BCUT2D eigenvalue weighted by atomic mass is 32.2. The lowest BCUT2D eigenvalue weighted by atomic mass is 10.1. The van der Waals surface area contributed by atoms with Crippen molar-refractivity contribution < 1.29 is 18.0 Å². The molecule has 0 bridgehead atoms. The zero-order valence-corrected chi connectivity index (χ0v) is 17.5. The molecule has 3 rings (SSSR count). The standard InChI is InChI=1S/C21H25N3O4S/c1-14-9-10-19(24-11-5-8-21(24)26)13-20(14)29(27,28)23-18-7-4-6-17(12-18)15(2)22-16(3)25/h4,6-7,9-10,12-13,15,23H,5,8,11H2,1-3H3,(H,22,25)/t15-/m1/s1. The second kappa shape index (κ2) is 8.24. The Morgan fingerprint density at radius 2 is 1.93 bits per heavy atom. The van der Waals surface area contributed by atoms with E-state index in [-0.39, 0.29) is 22.8 Å². The molecular formula is C21H25N3O4S. The van der Waals surface area contributed by atoms with Gasteiger partial charge in [-0.15, -0.1) is 0 Å². The van der Waals surface area contributed by atoms with Crippen LogP contribution in [0.25, 0.3) is 0 Å². The maximum atomic E-state index is 13.0. The van der Waals surface area contributed by atoms with Crippen molar-refractivity contribution in [1.29, 1.82) is 0 Å². The van der Waals surface area contributed by atoms with Gasteiger partial charge in [0, 0.05) is 31.3 Å². The predicted octanol–water partition coefficient (Wildman–Crippen LogP) is 3.12. The van der Waals surface area contributed by atoms with Crippen LogP contribution in [0.3, 0.4) is 0 Å². The minimum Gasteiger partial charge on any atom is -0.350 e. The van der Waals surface area contributed by atoms with Gasteiger partial charge in [0.2, 0.25) is 11.8 Å². The Morgan fingerprint density at radius 3 is 2.59 bits per heavy atom. The van der Waals surface area contributed by atoms with Crippen molar-refractivity contribution in [3.05, 3.63) is 53.6 Å². The molecule has 2 N–H and O–H groups in total. The fraction of sp³-hybridized carbons (Fsp3) is 0.333. The van der Waals surface area contributed by atoms with Gasteiger partial charge in [0.15, 0.2) is 0 Å². The zero-order valence-electron chi connectivity index (χ0n) is 16.7. The Bertz CT molecular complexity index is 1050. The van der Waals surface area contributed by atoms with Crippen molar-refractivity contribution in [3.8, 4) is 0 Å². The van der Waals surface area contributed by atoms with E-state index in [0.29, 0.717) is 29.9 Å². The van der Waals surface area contributed by atoms with Gasteiger partial charge in [-0.3, -0.25) is 14.3 Å². The number of rotatable bonds is 6. The molecule has 1 fully saturated rings. The molecule has 0 spiro atoms. The fourth-order valence-electron chi connectivity index (χ4n) is 3.44. The maximum Gasteiger partial charge on any atom is 0.262 e. The van der Waals surface area contributed by atoms with E-state index in [9.17, 15) is 18.0 Å². The summed E-state index contributed by atoms with van der Waals surface area (Å²) in [6, 6.07) is 11.7. The molecule has 1 aliphatic rings. The van der Waals surface area contributed by atoms with Gasteiger partial charge in [-0.1, -0.05) is 18.2 Å². The molecule has 1 saturated heterocycles. The molecule has 0 unspecified atom stereocenters. The topological polar surface area (TPSA) is 95.6 Å². The summed E-state index contributed by atoms with van der Waals surface area (Å²) >= 11 is 0. The molecular weight excluding hydrogens is 390 g/mol. The summed E-state index contributed by atoms with van der Waals surface area (Å²) in [6.45, 7) is 5.58. The first-order valence-electron chi connectivity index (χ1n) is 9.48. The van der Waals surface area contributed by atoms with Gasteiger partial charge >= 0.3 is 0 Å². The molecule has 8 heteroatoms. The van der Waals surface area contributed by atoms with Gasteiger partial charge < -0.3 is 10.2 Å². The zero-order chi connectivity index (χ0) is 21.2. The fourth-order valence-corrected chi connectivity index (χ4v) is 4.75. The number of hydrogen-bond acceptors (Lipinski definition) is 4. The Kier molecular flexibility index (Phi) is 5.93. The first-order valence-corrected chi connectivity index (χ1v) is 11.0. The van der Waals surface area contributed by atoms with Crippen LogP contribution in [0.5, 0.6) is 0 Å². The summed E-state index contributed by atoms with van der Waals surface area (Å²) in [5.74, 6) is -0.155. The van der Waals surface area contributed by atoms with Crippen molar-refractivity contribution in [2.24, 2.45) is 0 Å². The van der Waals surface area contributed by atoms with E-state index < -0.39 is 10.0 Å². The van der Waals surface area contributed by atoms with E-state index >= 15 is 0 Å². The van der Waals surface area contributed by atoms with Crippen LogP contribution in [-0.4, -0.2) is 26.8 Å². The van der Waals surface area contributed by atoms with Crippen molar-refractivity contribution in [1.82, 2.24) is 5.32 Å². The van der Waals surface area contributed by atoms with E-state index in [2.05, 4.69) is 10.0 Å². The lowest BCUT2D eigenvalue weighted by Gasteiger charge is -2.19. The number of anilines is 2. The molecule has 0 saturated carbocycles. The van der Waals surface area contributed by atoms with Crippen molar-refractivity contribution in [2.75, 3.05) is 16.2 Å². The van der Waals surface area contributed by atoms with E-state index in [1.165, 1.54) is 6.92 Å². The summed E-state index contributed by atoms with van der Waals surface area (Å²) in [5, 5.41) is 2.78. The van der Waals surface area contributed by atoms with Crippen LogP contribution in [0.15, 0.2) is 47.4 Å². The summed E-state index contributed by atoms with van der Waals surface area (Å²) < 4.78 is 28.7. The molecule has 154 valence electrons. The van der Waals surface area contributed by atoms with Crippen LogP contribution in [0.2, 0.25) is 0 Å². The normalized spacial score (nSPS) is 15.3. The van der Waals surface area contributed by atoms with Crippen molar-refractivity contribution in [3.63, 3.8) is 0 Å². The number of nitrogens with zero attached hydrogens (tertiary/aromatic N) is 1. The summed E-state index contributed by atoms with van der Waals surface area (Å²) in [4.78, 5) is 25.1. The minimum atomic E-state index is -3.85. The highest BCUT2D eigenvalue weighted by Gasteiger charge is 2.25. The number of aryl methyl sites for hydroxylation is 1. The van der Waals surface area contributed by atoms with Gasteiger partial charge in [0.25, 0.3) is 10.0 Å². The highest BCUT2D eigenvalue weighted by molar-refractivity contribution is 7.92. The molecule has 1 atom stereocenters. The molecule has 2 amide bonds. The molecule has 0 aromatic heterocycles. The number of sulfonamides is 1. The van der Waals surface area contributed by atoms with Gasteiger partial charge in [-0.25, -0.2) is 8.42 Å². The predicted molar refractivity (Wildman–Crippen MR) is 112 cm³/mol. The van der Waals surface area contributed by atoms with Crippen LogP contribution in [0, 0.1) is 6.92 Å². The van der Waals surface area contributed by atoms with Crippen LogP contribution in [0.4, 0.5) is 11.4 Å². The van der Waals surface area contributed by atoms with Crippen LogP contribution < -0.4 is 14.9 Å². The first-order chi connectivity index (χ1) is 13.7. The molecule has 0 radical (unpaired) electrons. The molecule has 1 aliphatic heterocycles. The first kappa shape index (κ1) is 20.9. The van der Waals surface area contributed by atoms with E-state index in [1.807, 2.05) is 13.0 Å². The van der Waals surface area contributed by atoms with E-state index in [4.69, 9.17) is 0 Å². The van der Waals surface area contributed by atoms with Gasteiger partial charge in [-0.05, 0) is 55.7 Å². The Labute approximate surface area is 171 Å². The third-order valence-electron chi connectivity index (χ3n) is 4.90. The van der Waals surface area contributed by atoms with Gasteiger partial charge in [-0.2, -0.15) is 0 Å². The average Bonchev–Trinajstić information content (AvgIpc) is 3.07. The third kappa shape index (κ3) is 4.76.